The molecule has 0 aromatic rings. The van der Waals surface area contributed by atoms with Crippen LogP contribution in [0.15, 0.2) is 15.7 Å². The fourth-order valence-electron chi connectivity index (χ4n) is 2.13. The minimum atomic E-state index is -1.06. The van der Waals surface area contributed by atoms with Gasteiger partial charge in [-0.15, -0.1) is 11.8 Å². The summed E-state index contributed by atoms with van der Waals surface area (Å²) in [5.41, 5.74) is 6.56. The Morgan fingerprint density at radius 1 is 1.65 bits per heavy atom. The van der Waals surface area contributed by atoms with Crippen LogP contribution in [-0.2, 0) is 9.59 Å². The molecule has 1 saturated heterocycles. The Morgan fingerprint density at radius 3 is 3.10 bits per heavy atom. The molecule has 7 nitrogen and oxygen atoms in total. The SMILES string of the molecule is NC1C(=O)N2C(C(=O)O)=C(CSN3C=NSC3)CS[C@H]12. The number of hydrogen-bond acceptors (Lipinski definition) is 8. The summed E-state index contributed by atoms with van der Waals surface area (Å²) in [6, 6.07) is -0.578. The molecule has 3 heterocycles. The minimum absolute atomic E-state index is 0.108. The minimum Gasteiger partial charge on any atom is -0.477 e. The van der Waals surface area contributed by atoms with Gasteiger partial charge in [-0.2, -0.15) is 0 Å². The molecule has 1 fully saturated rings. The lowest BCUT2D eigenvalue weighted by atomic mass is 10.0. The average molecular weight is 332 g/mol. The topological polar surface area (TPSA) is 99.2 Å². The van der Waals surface area contributed by atoms with Gasteiger partial charge in [-0.3, -0.25) is 14.0 Å². The third kappa shape index (κ3) is 2.30. The first-order valence-electron chi connectivity index (χ1n) is 5.80. The van der Waals surface area contributed by atoms with Gasteiger partial charge in [-0.25, -0.2) is 9.19 Å². The van der Waals surface area contributed by atoms with Gasteiger partial charge in [0.2, 0.25) is 5.91 Å². The quantitative estimate of drug-likeness (QED) is 0.555. The van der Waals surface area contributed by atoms with Gasteiger partial charge in [0.15, 0.2) is 0 Å². The molecule has 10 heteroatoms. The van der Waals surface area contributed by atoms with E-state index in [1.165, 1.54) is 40.6 Å². The number of amides is 1. The van der Waals surface area contributed by atoms with Gasteiger partial charge in [0.1, 0.15) is 23.5 Å². The average Bonchev–Trinajstić information content (AvgIpc) is 2.96. The van der Waals surface area contributed by atoms with Crippen LogP contribution in [0.2, 0.25) is 0 Å². The molecule has 0 aromatic carbocycles. The zero-order valence-electron chi connectivity index (χ0n) is 10.3. The molecule has 0 bridgehead atoms. The number of carbonyl (C=O) groups excluding carboxylic acids is 1. The molecular formula is C10H12N4O3S3. The third-order valence-corrected chi connectivity index (χ3v) is 6.32. The highest BCUT2D eigenvalue weighted by Gasteiger charge is 2.51. The van der Waals surface area contributed by atoms with Crippen LogP contribution in [0, 0.1) is 0 Å². The summed E-state index contributed by atoms with van der Waals surface area (Å²) in [5, 5.41) is 9.14. The highest BCUT2D eigenvalue weighted by Crippen LogP contribution is 2.40. The first-order chi connectivity index (χ1) is 9.59. The summed E-state index contributed by atoms with van der Waals surface area (Å²) in [7, 11) is 0. The molecule has 20 heavy (non-hydrogen) atoms. The van der Waals surface area contributed by atoms with Crippen molar-refractivity contribution in [3.63, 3.8) is 0 Å². The van der Waals surface area contributed by atoms with Gasteiger partial charge < -0.3 is 10.8 Å². The number of carbonyl (C=O) groups is 2. The van der Waals surface area contributed by atoms with Crippen LogP contribution >= 0.6 is 35.7 Å². The van der Waals surface area contributed by atoms with Crippen molar-refractivity contribution in [1.82, 2.24) is 9.21 Å². The number of hydrogen-bond donors (Lipinski definition) is 2. The standard InChI is InChI=1S/C10H12N4O3S3/c11-6-8(15)14-7(10(16)17)5(1-18-9(6)14)2-20-13-3-12-19-4-13/h3,6,9H,1-2,4,11H2,(H,16,17)/t6?,9-/m1/s1. The fourth-order valence-corrected chi connectivity index (χ4v) is 5.16. The molecule has 3 N–H and O–H groups in total. The number of carboxylic acids is 1. The molecule has 108 valence electrons. The highest BCUT2D eigenvalue weighted by atomic mass is 32.2. The molecule has 0 radical (unpaired) electrons. The second-order valence-corrected chi connectivity index (χ2v) is 7.21. The number of aliphatic carboxylic acids is 1. The van der Waals surface area contributed by atoms with E-state index in [4.69, 9.17) is 5.73 Å². The van der Waals surface area contributed by atoms with Crippen LogP contribution in [0.5, 0.6) is 0 Å². The third-order valence-electron chi connectivity index (χ3n) is 3.13. The molecule has 0 spiro atoms. The van der Waals surface area contributed by atoms with E-state index in [9.17, 15) is 14.7 Å². The molecule has 0 aliphatic carbocycles. The molecule has 3 aliphatic rings. The van der Waals surface area contributed by atoms with Crippen molar-refractivity contribution in [3.8, 4) is 0 Å². The van der Waals surface area contributed by atoms with Gasteiger partial charge in [0, 0.05) is 11.5 Å². The Balaban J connectivity index is 1.77. The lowest BCUT2D eigenvalue weighted by Crippen LogP contribution is -2.68. The van der Waals surface area contributed by atoms with Gasteiger partial charge in [0.25, 0.3) is 0 Å². The van der Waals surface area contributed by atoms with Gasteiger partial charge in [-0.05, 0) is 29.5 Å². The van der Waals surface area contributed by atoms with Gasteiger partial charge >= 0.3 is 5.97 Å². The molecule has 1 unspecified atom stereocenters. The molecule has 0 saturated carbocycles. The number of carboxylic acid groups (broad SMARTS) is 1. The maximum atomic E-state index is 11.8. The highest BCUT2D eigenvalue weighted by molar-refractivity contribution is 8.02. The van der Waals surface area contributed by atoms with Crippen LogP contribution in [-0.4, -0.2) is 61.3 Å². The zero-order valence-corrected chi connectivity index (χ0v) is 12.7. The number of fused-ring (bicyclic) bond motifs is 1. The van der Waals surface area contributed by atoms with Crippen molar-refractivity contribution < 1.29 is 14.7 Å². The van der Waals surface area contributed by atoms with Crippen molar-refractivity contribution in [2.75, 3.05) is 17.4 Å². The lowest BCUT2D eigenvalue weighted by Gasteiger charge is -2.48. The second kappa shape index (κ2) is 5.51. The van der Waals surface area contributed by atoms with Crippen LogP contribution < -0.4 is 5.73 Å². The first-order valence-corrected chi connectivity index (χ1v) is 8.73. The smallest absolute Gasteiger partial charge is 0.352 e. The Labute approximate surface area is 128 Å². The molecular weight excluding hydrogens is 320 g/mol. The number of thioether (sulfide) groups is 1. The normalized spacial score (nSPS) is 28.8. The predicted molar refractivity (Wildman–Crippen MR) is 81.0 cm³/mol. The fraction of sp³-hybridized carbons (Fsp3) is 0.500. The number of rotatable bonds is 4. The van der Waals surface area contributed by atoms with E-state index < -0.39 is 12.0 Å². The molecule has 3 rings (SSSR count). The number of nitrogens with two attached hydrogens (primary N) is 1. The Morgan fingerprint density at radius 2 is 2.45 bits per heavy atom. The van der Waals surface area contributed by atoms with Crippen molar-refractivity contribution in [3.05, 3.63) is 11.3 Å². The molecule has 0 aromatic heterocycles. The summed E-state index contributed by atoms with van der Waals surface area (Å²) in [4.78, 5) is 24.5. The van der Waals surface area contributed by atoms with Crippen molar-refractivity contribution in [2.24, 2.45) is 10.1 Å². The van der Waals surface area contributed by atoms with E-state index in [1.807, 2.05) is 4.31 Å². The Bertz CT molecular complexity index is 524. The largest absolute Gasteiger partial charge is 0.477 e. The molecule has 3 aliphatic heterocycles. The van der Waals surface area contributed by atoms with E-state index in [1.54, 1.807) is 6.34 Å². The number of nitrogens with zero attached hydrogens (tertiary/aromatic N) is 3. The van der Waals surface area contributed by atoms with Crippen LogP contribution in [0.3, 0.4) is 0 Å². The van der Waals surface area contributed by atoms with Crippen molar-refractivity contribution in [2.45, 2.75) is 11.4 Å². The molecule has 1 amide bonds. The summed E-state index contributed by atoms with van der Waals surface area (Å²) in [5.74, 6) is 0.516. The maximum Gasteiger partial charge on any atom is 0.352 e. The maximum absolute atomic E-state index is 11.8. The van der Waals surface area contributed by atoms with E-state index in [2.05, 4.69) is 4.40 Å². The summed E-state index contributed by atoms with van der Waals surface area (Å²) in [6.07, 6.45) is 1.72. The lowest BCUT2D eigenvalue weighted by molar-refractivity contribution is -0.147. The summed E-state index contributed by atoms with van der Waals surface area (Å²) in [6.45, 7) is 0. The Hall–Kier alpha value is -0.840. The second-order valence-electron chi connectivity index (χ2n) is 4.36. The van der Waals surface area contributed by atoms with Crippen LogP contribution in [0.4, 0.5) is 0 Å². The van der Waals surface area contributed by atoms with E-state index in [0.29, 0.717) is 11.5 Å². The van der Waals surface area contributed by atoms with Crippen molar-refractivity contribution in [1.29, 1.82) is 0 Å². The van der Waals surface area contributed by atoms with E-state index in [-0.39, 0.29) is 17.0 Å². The van der Waals surface area contributed by atoms with Gasteiger partial charge in [-0.1, -0.05) is 0 Å². The Kier molecular flexibility index (Phi) is 3.89. The monoisotopic (exact) mass is 332 g/mol. The van der Waals surface area contributed by atoms with E-state index in [0.717, 1.165) is 11.4 Å². The number of β-lactam (4-membered cyclic amide) rings is 1. The van der Waals surface area contributed by atoms with Crippen LogP contribution in [0.25, 0.3) is 0 Å². The van der Waals surface area contributed by atoms with Gasteiger partial charge in [0.05, 0.1) is 5.88 Å². The summed E-state index contributed by atoms with van der Waals surface area (Å²) < 4.78 is 5.96. The zero-order chi connectivity index (χ0) is 14.3. The molecule has 2 atom stereocenters. The first kappa shape index (κ1) is 14.1. The van der Waals surface area contributed by atoms with E-state index >= 15 is 0 Å². The summed E-state index contributed by atoms with van der Waals surface area (Å²) >= 11 is 4.47. The predicted octanol–water partition coefficient (Wildman–Crippen LogP) is 0.165. The van der Waals surface area contributed by atoms with Crippen molar-refractivity contribution >= 4 is 53.9 Å². The van der Waals surface area contributed by atoms with Crippen LogP contribution in [0.1, 0.15) is 0 Å².